The van der Waals surface area contributed by atoms with Gasteiger partial charge in [0.2, 0.25) is 5.75 Å². The van der Waals surface area contributed by atoms with Crippen molar-refractivity contribution in [3.05, 3.63) is 61.8 Å². The molecule has 1 aromatic carbocycles. The molecule has 0 aliphatic carbocycles. The summed E-state index contributed by atoms with van der Waals surface area (Å²) in [6, 6.07) is 7.96. The van der Waals surface area contributed by atoms with Gasteiger partial charge in [0.25, 0.3) is 0 Å². The second-order valence-electron chi connectivity index (χ2n) is 3.60. The molecule has 1 aromatic heterocycles. The lowest BCUT2D eigenvalue weighted by atomic mass is 10.3. The van der Waals surface area contributed by atoms with Gasteiger partial charge in [-0.05, 0) is 34.1 Å². The van der Waals surface area contributed by atoms with Gasteiger partial charge in [-0.25, -0.2) is 0 Å². The van der Waals surface area contributed by atoms with Gasteiger partial charge in [0.15, 0.2) is 0 Å². The summed E-state index contributed by atoms with van der Waals surface area (Å²) in [5.41, 5.74) is 0.488. The Labute approximate surface area is 122 Å². The minimum atomic E-state index is -0.532. The number of hydrogen-bond acceptors (Lipinski definition) is 4. The molecule has 98 valence electrons. The molecule has 0 fully saturated rings. The van der Waals surface area contributed by atoms with Crippen molar-refractivity contribution < 1.29 is 9.66 Å². The Morgan fingerprint density at radius 2 is 2.16 bits per heavy atom. The number of halogens is 2. The van der Waals surface area contributed by atoms with Gasteiger partial charge in [0.1, 0.15) is 6.61 Å². The van der Waals surface area contributed by atoms with Crippen molar-refractivity contribution in [1.29, 1.82) is 0 Å². The molecule has 0 amide bonds. The van der Waals surface area contributed by atoms with Gasteiger partial charge in [0.05, 0.1) is 15.6 Å². The second kappa shape index (κ2) is 5.99. The maximum atomic E-state index is 10.9. The zero-order valence-electron chi connectivity index (χ0n) is 9.55. The van der Waals surface area contributed by atoms with E-state index in [1.54, 1.807) is 18.3 Å². The molecule has 0 radical (unpaired) electrons. The van der Waals surface area contributed by atoms with Crippen LogP contribution in [0.4, 0.5) is 5.69 Å². The van der Waals surface area contributed by atoms with E-state index in [2.05, 4.69) is 20.9 Å². The van der Waals surface area contributed by atoms with E-state index < -0.39 is 4.92 Å². The van der Waals surface area contributed by atoms with Crippen LogP contribution in [0.15, 0.2) is 41.0 Å². The maximum absolute atomic E-state index is 10.9. The topological polar surface area (TPSA) is 65.3 Å². The number of ether oxygens (including phenoxy) is 1. The highest BCUT2D eigenvalue weighted by Gasteiger charge is 2.18. The van der Waals surface area contributed by atoms with Crippen LogP contribution < -0.4 is 4.74 Å². The Balaban J connectivity index is 2.19. The van der Waals surface area contributed by atoms with Crippen LogP contribution in [0.2, 0.25) is 5.02 Å². The molecule has 0 spiro atoms. The zero-order chi connectivity index (χ0) is 13.8. The van der Waals surface area contributed by atoms with E-state index >= 15 is 0 Å². The number of aromatic nitrogens is 1. The third-order valence-electron chi connectivity index (χ3n) is 2.30. The lowest BCUT2D eigenvalue weighted by Gasteiger charge is -2.07. The van der Waals surface area contributed by atoms with E-state index in [-0.39, 0.29) is 23.1 Å². The monoisotopic (exact) mass is 342 g/mol. The molecule has 7 heteroatoms. The molecule has 0 atom stereocenters. The fraction of sp³-hybridized carbons (Fsp3) is 0.0833. The first-order valence-corrected chi connectivity index (χ1v) is 6.41. The second-order valence-corrected chi connectivity index (χ2v) is 4.92. The van der Waals surface area contributed by atoms with Crippen LogP contribution in [0.3, 0.4) is 0 Å². The van der Waals surface area contributed by atoms with Crippen molar-refractivity contribution in [3.8, 4) is 5.75 Å². The standard InChI is InChI=1S/C12H8BrClN2O3/c13-8-4-5-9(15-6-8)7-19-12-10(14)2-1-3-11(12)16(17)18/h1-6H,7H2. The number of hydrogen-bond donors (Lipinski definition) is 0. The van der Waals surface area contributed by atoms with E-state index in [4.69, 9.17) is 16.3 Å². The number of benzene rings is 1. The molecule has 0 N–H and O–H groups in total. The number of rotatable bonds is 4. The normalized spacial score (nSPS) is 10.2. The van der Waals surface area contributed by atoms with Crippen molar-refractivity contribution in [3.63, 3.8) is 0 Å². The van der Waals surface area contributed by atoms with Crippen LogP contribution in [0, 0.1) is 10.1 Å². The summed E-state index contributed by atoms with van der Waals surface area (Å²) in [4.78, 5) is 14.5. The fourth-order valence-corrected chi connectivity index (χ4v) is 1.88. The smallest absolute Gasteiger partial charge is 0.312 e. The van der Waals surface area contributed by atoms with Crippen LogP contribution in [0.5, 0.6) is 5.75 Å². The number of pyridine rings is 1. The molecular formula is C12H8BrClN2O3. The van der Waals surface area contributed by atoms with E-state index in [1.165, 1.54) is 12.1 Å². The molecule has 2 aromatic rings. The predicted molar refractivity (Wildman–Crippen MR) is 74.4 cm³/mol. The van der Waals surface area contributed by atoms with Crippen molar-refractivity contribution in [2.75, 3.05) is 0 Å². The van der Waals surface area contributed by atoms with Crippen molar-refractivity contribution in [2.45, 2.75) is 6.61 Å². The third kappa shape index (κ3) is 3.42. The summed E-state index contributed by atoms with van der Waals surface area (Å²) < 4.78 is 6.25. The minimum Gasteiger partial charge on any atom is -0.479 e. The average Bonchev–Trinajstić information content (AvgIpc) is 2.39. The van der Waals surface area contributed by atoms with Crippen LogP contribution in [0.1, 0.15) is 5.69 Å². The zero-order valence-corrected chi connectivity index (χ0v) is 11.9. The van der Waals surface area contributed by atoms with Crippen LogP contribution in [-0.4, -0.2) is 9.91 Å². The molecule has 19 heavy (non-hydrogen) atoms. The lowest BCUT2D eigenvalue weighted by molar-refractivity contribution is -0.385. The first-order valence-electron chi connectivity index (χ1n) is 5.24. The summed E-state index contributed by atoms with van der Waals surface area (Å²) in [5, 5.41) is 11.1. The summed E-state index contributed by atoms with van der Waals surface area (Å²) in [6.07, 6.45) is 1.62. The SMILES string of the molecule is O=[N+]([O-])c1cccc(Cl)c1OCc1ccc(Br)cn1. The van der Waals surface area contributed by atoms with Gasteiger partial charge in [-0.1, -0.05) is 17.7 Å². The quantitative estimate of drug-likeness (QED) is 0.622. The van der Waals surface area contributed by atoms with Gasteiger partial charge in [-0.15, -0.1) is 0 Å². The molecule has 0 unspecified atom stereocenters. The molecule has 0 saturated carbocycles. The van der Waals surface area contributed by atoms with E-state index in [0.29, 0.717) is 5.69 Å². The third-order valence-corrected chi connectivity index (χ3v) is 3.06. The minimum absolute atomic E-state index is 0.0545. The first kappa shape index (κ1) is 13.8. The van der Waals surface area contributed by atoms with Crippen LogP contribution in [0.25, 0.3) is 0 Å². The van der Waals surface area contributed by atoms with Gasteiger partial charge in [-0.2, -0.15) is 0 Å². The first-order chi connectivity index (χ1) is 9.08. The highest BCUT2D eigenvalue weighted by molar-refractivity contribution is 9.10. The van der Waals surface area contributed by atoms with E-state index in [1.807, 2.05) is 6.07 Å². The highest BCUT2D eigenvalue weighted by atomic mass is 79.9. The van der Waals surface area contributed by atoms with Gasteiger partial charge >= 0.3 is 5.69 Å². The molecule has 1 heterocycles. The molecule has 5 nitrogen and oxygen atoms in total. The predicted octanol–water partition coefficient (Wildman–Crippen LogP) is 3.98. The number of nitro benzene ring substituents is 1. The molecule has 0 bridgehead atoms. The largest absolute Gasteiger partial charge is 0.479 e. The van der Waals surface area contributed by atoms with E-state index in [9.17, 15) is 10.1 Å². The molecule has 0 saturated heterocycles. The van der Waals surface area contributed by atoms with Crippen LogP contribution >= 0.6 is 27.5 Å². The summed E-state index contributed by atoms with van der Waals surface area (Å²) in [5.74, 6) is 0.0545. The fourth-order valence-electron chi connectivity index (χ4n) is 1.42. The van der Waals surface area contributed by atoms with Crippen molar-refractivity contribution in [2.24, 2.45) is 0 Å². The maximum Gasteiger partial charge on any atom is 0.312 e. The summed E-state index contributed by atoms with van der Waals surface area (Å²) in [6.45, 7) is 0.109. The molecule has 2 rings (SSSR count). The Morgan fingerprint density at radius 1 is 1.37 bits per heavy atom. The number of nitro groups is 1. The Bertz CT molecular complexity index is 604. The van der Waals surface area contributed by atoms with E-state index in [0.717, 1.165) is 4.47 Å². The van der Waals surface area contributed by atoms with Crippen molar-refractivity contribution in [1.82, 2.24) is 4.98 Å². The average molecular weight is 344 g/mol. The lowest BCUT2D eigenvalue weighted by Crippen LogP contribution is -2.01. The summed E-state index contributed by atoms with van der Waals surface area (Å²) >= 11 is 9.18. The highest BCUT2D eigenvalue weighted by Crippen LogP contribution is 2.34. The van der Waals surface area contributed by atoms with Crippen molar-refractivity contribution >= 4 is 33.2 Å². The van der Waals surface area contributed by atoms with Gasteiger partial charge < -0.3 is 4.74 Å². The molecule has 0 aliphatic heterocycles. The Morgan fingerprint density at radius 3 is 2.79 bits per heavy atom. The van der Waals surface area contributed by atoms with Gasteiger partial charge in [-0.3, -0.25) is 15.1 Å². The van der Waals surface area contributed by atoms with Crippen LogP contribution in [-0.2, 0) is 6.61 Å². The Hall–Kier alpha value is -1.66. The summed E-state index contributed by atoms with van der Waals surface area (Å²) in [7, 11) is 0. The van der Waals surface area contributed by atoms with Gasteiger partial charge in [0, 0.05) is 16.7 Å². The Kier molecular flexibility index (Phi) is 4.34. The molecule has 0 aliphatic rings. The molecular weight excluding hydrogens is 336 g/mol. The number of para-hydroxylation sites is 1. The number of nitrogens with zero attached hydrogens (tertiary/aromatic N) is 2.